The van der Waals surface area contributed by atoms with E-state index in [9.17, 15) is 0 Å². The van der Waals surface area contributed by atoms with E-state index in [1.165, 1.54) is 21.7 Å². The Labute approximate surface area is 113 Å². The third-order valence-electron chi connectivity index (χ3n) is 3.30. The minimum atomic E-state index is 0.402. The molecule has 0 fully saturated rings. The second-order valence-corrected chi connectivity index (χ2v) is 5.58. The molecular formula is C15H20N2S. The molecule has 0 saturated carbocycles. The quantitative estimate of drug-likeness (QED) is 0.887. The highest BCUT2D eigenvalue weighted by atomic mass is 32.1. The number of hydrogen-bond donors (Lipinski definition) is 1. The fourth-order valence-electron chi connectivity index (χ4n) is 2.15. The Morgan fingerprint density at radius 2 is 2.06 bits per heavy atom. The van der Waals surface area contributed by atoms with Crippen LogP contribution in [0.5, 0.6) is 0 Å². The number of rotatable bonds is 5. The molecule has 1 aromatic carbocycles. The molecule has 96 valence electrons. The van der Waals surface area contributed by atoms with E-state index in [1.54, 1.807) is 11.3 Å². The predicted molar refractivity (Wildman–Crippen MR) is 78.2 cm³/mol. The molecule has 2 rings (SSSR count). The van der Waals surface area contributed by atoms with Gasteiger partial charge in [0.2, 0.25) is 0 Å². The molecule has 0 aliphatic heterocycles. The van der Waals surface area contributed by atoms with Gasteiger partial charge in [-0.3, -0.25) is 0 Å². The van der Waals surface area contributed by atoms with Crippen LogP contribution >= 0.6 is 11.3 Å². The van der Waals surface area contributed by atoms with Crippen LogP contribution in [0.2, 0.25) is 0 Å². The highest BCUT2D eigenvalue weighted by Gasteiger charge is 2.07. The van der Waals surface area contributed by atoms with E-state index in [4.69, 9.17) is 0 Å². The number of aryl methyl sites for hydroxylation is 2. The molecule has 0 saturated heterocycles. The van der Waals surface area contributed by atoms with Crippen LogP contribution in [0.25, 0.3) is 0 Å². The number of hydrogen-bond acceptors (Lipinski definition) is 3. The van der Waals surface area contributed by atoms with Gasteiger partial charge in [0, 0.05) is 17.5 Å². The molecule has 0 radical (unpaired) electrons. The van der Waals surface area contributed by atoms with E-state index < -0.39 is 0 Å². The molecule has 2 nitrogen and oxygen atoms in total. The molecule has 1 unspecified atom stereocenters. The molecule has 18 heavy (non-hydrogen) atoms. The molecule has 0 spiro atoms. The van der Waals surface area contributed by atoms with Crippen molar-refractivity contribution >= 4 is 11.3 Å². The summed E-state index contributed by atoms with van der Waals surface area (Å²) in [6.07, 6.45) is 1.06. The Bertz CT molecular complexity index is 505. The Morgan fingerprint density at radius 3 is 2.72 bits per heavy atom. The maximum atomic E-state index is 4.28. The van der Waals surface area contributed by atoms with Crippen molar-refractivity contribution in [1.82, 2.24) is 10.3 Å². The lowest BCUT2D eigenvalue weighted by Crippen LogP contribution is -2.21. The van der Waals surface area contributed by atoms with Crippen LogP contribution < -0.4 is 5.32 Å². The average molecular weight is 260 g/mol. The van der Waals surface area contributed by atoms with Crippen LogP contribution in [0.3, 0.4) is 0 Å². The Morgan fingerprint density at radius 1 is 1.28 bits per heavy atom. The van der Waals surface area contributed by atoms with E-state index in [1.807, 2.05) is 5.51 Å². The molecule has 1 heterocycles. The van der Waals surface area contributed by atoms with Gasteiger partial charge in [0.1, 0.15) is 0 Å². The first-order valence-electron chi connectivity index (χ1n) is 6.36. The summed E-state index contributed by atoms with van der Waals surface area (Å²) in [5, 5.41) is 3.58. The third kappa shape index (κ3) is 3.18. The van der Waals surface area contributed by atoms with Crippen LogP contribution in [0.1, 0.15) is 34.7 Å². The zero-order valence-electron chi connectivity index (χ0n) is 11.2. The lowest BCUT2D eigenvalue weighted by Gasteiger charge is -2.16. The van der Waals surface area contributed by atoms with E-state index in [0.29, 0.717) is 6.04 Å². The number of nitrogens with zero attached hydrogens (tertiary/aromatic N) is 1. The van der Waals surface area contributed by atoms with Gasteiger partial charge < -0.3 is 5.32 Å². The Hall–Kier alpha value is -1.19. The second-order valence-electron chi connectivity index (χ2n) is 4.64. The van der Waals surface area contributed by atoms with E-state index in [-0.39, 0.29) is 0 Å². The van der Waals surface area contributed by atoms with Crippen molar-refractivity contribution in [2.45, 2.75) is 33.2 Å². The molecule has 0 bridgehead atoms. The zero-order valence-corrected chi connectivity index (χ0v) is 12.1. The van der Waals surface area contributed by atoms with Crippen LogP contribution in [0.15, 0.2) is 29.8 Å². The minimum absolute atomic E-state index is 0.402. The van der Waals surface area contributed by atoms with Crippen LogP contribution in [0, 0.1) is 13.8 Å². The van der Waals surface area contributed by atoms with E-state index in [2.05, 4.69) is 55.3 Å². The van der Waals surface area contributed by atoms with Gasteiger partial charge in [-0.25, -0.2) is 4.98 Å². The summed E-state index contributed by atoms with van der Waals surface area (Å²) in [5.41, 5.74) is 5.84. The van der Waals surface area contributed by atoms with Crippen molar-refractivity contribution in [3.05, 3.63) is 51.5 Å². The normalized spacial score (nSPS) is 12.6. The summed E-state index contributed by atoms with van der Waals surface area (Å²) in [7, 11) is 0. The molecule has 1 N–H and O–H groups in total. The van der Waals surface area contributed by atoms with Gasteiger partial charge in [0.05, 0.1) is 11.2 Å². The summed E-state index contributed by atoms with van der Waals surface area (Å²) in [5.74, 6) is 0. The van der Waals surface area contributed by atoms with E-state index >= 15 is 0 Å². The van der Waals surface area contributed by atoms with Crippen molar-refractivity contribution < 1.29 is 0 Å². The topological polar surface area (TPSA) is 24.9 Å². The highest BCUT2D eigenvalue weighted by molar-refractivity contribution is 7.09. The molecule has 3 heteroatoms. The van der Waals surface area contributed by atoms with Crippen LogP contribution in [-0.4, -0.2) is 11.5 Å². The molecular weight excluding hydrogens is 240 g/mol. The van der Waals surface area contributed by atoms with Gasteiger partial charge in [-0.2, -0.15) is 0 Å². The first-order valence-corrected chi connectivity index (χ1v) is 7.24. The standard InChI is InChI=1S/C15H20N2S/c1-11-6-4-5-7-14(11)12(2)16-9-8-15-13(3)17-10-18-15/h4-7,10,12,16H,8-9H2,1-3H3. The van der Waals surface area contributed by atoms with Crippen molar-refractivity contribution in [3.63, 3.8) is 0 Å². The first-order chi connectivity index (χ1) is 8.68. The Balaban J connectivity index is 1.87. The SMILES string of the molecule is Cc1ccccc1C(C)NCCc1scnc1C. The van der Waals surface area contributed by atoms with Crippen molar-refractivity contribution in [3.8, 4) is 0 Å². The van der Waals surface area contributed by atoms with Crippen molar-refractivity contribution in [1.29, 1.82) is 0 Å². The maximum absolute atomic E-state index is 4.28. The van der Waals surface area contributed by atoms with Gasteiger partial charge in [-0.1, -0.05) is 24.3 Å². The van der Waals surface area contributed by atoms with E-state index in [0.717, 1.165) is 13.0 Å². The number of benzene rings is 1. The number of nitrogens with one attached hydrogen (secondary N) is 1. The fraction of sp³-hybridized carbons (Fsp3) is 0.400. The van der Waals surface area contributed by atoms with Crippen LogP contribution in [0.4, 0.5) is 0 Å². The zero-order chi connectivity index (χ0) is 13.0. The smallest absolute Gasteiger partial charge is 0.0797 e. The molecule has 1 aromatic heterocycles. The van der Waals surface area contributed by atoms with Gasteiger partial charge in [0.25, 0.3) is 0 Å². The summed E-state index contributed by atoms with van der Waals surface area (Å²) in [6, 6.07) is 8.96. The second kappa shape index (κ2) is 6.12. The lowest BCUT2D eigenvalue weighted by molar-refractivity contribution is 0.575. The molecule has 2 aromatic rings. The van der Waals surface area contributed by atoms with Crippen molar-refractivity contribution in [2.24, 2.45) is 0 Å². The number of aromatic nitrogens is 1. The van der Waals surface area contributed by atoms with Crippen molar-refractivity contribution in [2.75, 3.05) is 6.54 Å². The van der Waals surface area contributed by atoms with Gasteiger partial charge in [-0.15, -0.1) is 11.3 Å². The fourth-order valence-corrected chi connectivity index (χ4v) is 2.93. The van der Waals surface area contributed by atoms with Gasteiger partial charge in [-0.05, 0) is 38.3 Å². The summed E-state index contributed by atoms with van der Waals surface area (Å²) in [6.45, 7) is 7.47. The van der Waals surface area contributed by atoms with Crippen LogP contribution in [-0.2, 0) is 6.42 Å². The molecule has 0 aliphatic rings. The summed E-state index contributed by atoms with van der Waals surface area (Å²) < 4.78 is 0. The third-order valence-corrected chi connectivity index (χ3v) is 4.30. The maximum Gasteiger partial charge on any atom is 0.0797 e. The highest BCUT2D eigenvalue weighted by Crippen LogP contribution is 2.17. The minimum Gasteiger partial charge on any atom is -0.310 e. The molecule has 0 aliphatic carbocycles. The summed E-state index contributed by atoms with van der Waals surface area (Å²) >= 11 is 1.75. The number of thiazole rings is 1. The average Bonchev–Trinajstić information content (AvgIpc) is 2.75. The van der Waals surface area contributed by atoms with Gasteiger partial charge in [0.15, 0.2) is 0 Å². The largest absolute Gasteiger partial charge is 0.310 e. The molecule has 0 amide bonds. The monoisotopic (exact) mass is 260 g/mol. The Kier molecular flexibility index (Phi) is 4.50. The van der Waals surface area contributed by atoms with Gasteiger partial charge >= 0.3 is 0 Å². The lowest BCUT2D eigenvalue weighted by atomic mass is 10.0. The summed E-state index contributed by atoms with van der Waals surface area (Å²) in [4.78, 5) is 5.67. The predicted octanol–water partition coefficient (Wildman–Crippen LogP) is 3.65. The first kappa shape index (κ1) is 13.2. The molecule has 1 atom stereocenters.